The molecule has 1 aromatic carbocycles. The van der Waals surface area contributed by atoms with Crippen molar-refractivity contribution in [1.82, 2.24) is 0 Å². The van der Waals surface area contributed by atoms with E-state index in [1.807, 2.05) is 12.1 Å². The number of amides is 1. The molecule has 2 heterocycles. The van der Waals surface area contributed by atoms with Gasteiger partial charge in [0.2, 0.25) is 0 Å². The summed E-state index contributed by atoms with van der Waals surface area (Å²) in [7, 11) is 0. The number of thiophene rings is 1. The Labute approximate surface area is 119 Å². The molecule has 96 valence electrons. The molecule has 0 saturated heterocycles. The summed E-state index contributed by atoms with van der Waals surface area (Å²) in [6.07, 6.45) is 0.353. The van der Waals surface area contributed by atoms with E-state index < -0.39 is 0 Å². The number of hydrogen-bond donors (Lipinski definition) is 0. The lowest BCUT2D eigenvalue weighted by molar-refractivity contribution is 0.0957. The summed E-state index contributed by atoms with van der Waals surface area (Å²) in [5, 5.41) is 2.25. The Morgan fingerprint density at radius 1 is 1.26 bits per heavy atom. The Kier molecular flexibility index (Phi) is 3.12. The molecule has 0 aliphatic carbocycles. The Morgan fingerprint density at radius 2 is 2.05 bits per heavy atom. The molecular weight excluding hydrogens is 282 g/mol. The number of nitrogens with zero attached hydrogens (tertiary/aromatic N) is 1. The highest BCUT2D eigenvalue weighted by atomic mass is 35.5. The number of benzene rings is 1. The molecule has 0 atom stereocenters. The van der Waals surface area contributed by atoms with E-state index in [0.717, 1.165) is 0 Å². The third-order valence-electron chi connectivity index (χ3n) is 3.11. The van der Waals surface area contributed by atoms with E-state index in [-0.39, 0.29) is 11.7 Å². The molecule has 0 unspecified atom stereocenters. The van der Waals surface area contributed by atoms with Gasteiger partial charge in [-0.15, -0.1) is 11.3 Å². The maximum Gasteiger partial charge on any atom is 0.269 e. The maximum atomic E-state index is 12.5. The average Bonchev–Trinajstić information content (AvgIpc) is 2.85. The maximum absolute atomic E-state index is 12.5. The zero-order chi connectivity index (χ0) is 13.4. The van der Waals surface area contributed by atoms with Crippen molar-refractivity contribution in [2.45, 2.75) is 6.42 Å². The number of halogens is 1. The zero-order valence-electron chi connectivity index (χ0n) is 9.93. The van der Waals surface area contributed by atoms with Gasteiger partial charge in [0.25, 0.3) is 5.91 Å². The average molecular weight is 292 g/mol. The summed E-state index contributed by atoms with van der Waals surface area (Å²) in [4.78, 5) is 26.5. The van der Waals surface area contributed by atoms with Gasteiger partial charge in [-0.3, -0.25) is 9.59 Å². The second-order valence-corrected chi connectivity index (χ2v) is 5.57. The minimum absolute atomic E-state index is 0.0805. The van der Waals surface area contributed by atoms with Crippen molar-refractivity contribution >= 4 is 40.3 Å². The fraction of sp³-hybridized carbons (Fsp3) is 0.143. The smallest absolute Gasteiger partial charge is 0.269 e. The first-order chi connectivity index (χ1) is 9.18. The first-order valence-corrected chi connectivity index (χ1v) is 7.11. The molecule has 0 bridgehead atoms. The van der Waals surface area contributed by atoms with Crippen molar-refractivity contribution in [1.29, 1.82) is 0 Å². The molecule has 1 aromatic heterocycles. The molecule has 0 radical (unpaired) electrons. The minimum atomic E-state index is -0.139. The summed E-state index contributed by atoms with van der Waals surface area (Å²) in [5.41, 5.74) is 1.28. The van der Waals surface area contributed by atoms with E-state index in [9.17, 15) is 9.59 Å². The van der Waals surface area contributed by atoms with Crippen LogP contribution in [0.25, 0.3) is 0 Å². The fourth-order valence-electron chi connectivity index (χ4n) is 2.19. The van der Waals surface area contributed by atoms with Crippen molar-refractivity contribution in [2.24, 2.45) is 0 Å². The van der Waals surface area contributed by atoms with Crippen LogP contribution in [0.2, 0.25) is 5.02 Å². The molecule has 3 nitrogen and oxygen atoms in total. The monoisotopic (exact) mass is 291 g/mol. The predicted octanol–water partition coefficient (Wildman–Crippen LogP) is 3.63. The summed E-state index contributed by atoms with van der Waals surface area (Å²) in [6, 6.07) is 8.90. The number of hydrogen-bond acceptors (Lipinski definition) is 3. The van der Waals surface area contributed by atoms with E-state index >= 15 is 0 Å². The van der Waals surface area contributed by atoms with Crippen LogP contribution in [0.4, 0.5) is 5.69 Å². The molecule has 0 fully saturated rings. The summed E-state index contributed by atoms with van der Waals surface area (Å²) in [5.74, 6) is -0.0584. The molecule has 19 heavy (non-hydrogen) atoms. The Hall–Kier alpha value is -1.65. The van der Waals surface area contributed by atoms with Gasteiger partial charge < -0.3 is 4.90 Å². The van der Waals surface area contributed by atoms with Crippen molar-refractivity contribution in [3.63, 3.8) is 0 Å². The number of carbonyl (C=O) groups is 2. The van der Waals surface area contributed by atoms with E-state index in [1.54, 1.807) is 28.5 Å². The number of rotatable bonds is 1. The van der Waals surface area contributed by atoms with E-state index in [0.29, 0.717) is 34.1 Å². The standard InChI is InChI=1S/C14H10ClNO2S/c15-10-6-8-19-13(10)14(18)16-7-5-12(17)9-3-1-2-4-11(9)16/h1-4,6,8H,5,7H2. The van der Waals surface area contributed by atoms with Gasteiger partial charge in [-0.25, -0.2) is 0 Å². The van der Waals surface area contributed by atoms with Crippen molar-refractivity contribution < 1.29 is 9.59 Å². The fourth-order valence-corrected chi connectivity index (χ4v) is 3.28. The van der Waals surface area contributed by atoms with Crippen LogP contribution in [0.15, 0.2) is 35.7 Å². The molecule has 1 aliphatic heterocycles. The van der Waals surface area contributed by atoms with Gasteiger partial charge in [-0.05, 0) is 23.6 Å². The van der Waals surface area contributed by atoms with Gasteiger partial charge in [-0.2, -0.15) is 0 Å². The normalized spacial score (nSPS) is 14.4. The number of fused-ring (bicyclic) bond motifs is 1. The summed E-state index contributed by atoms with van der Waals surface area (Å²) >= 11 is 7.32. The summed E-state index contributed by atoms with van der Waals surface area (Å²) in [6.45, 7) is 0.406. The highest BCUT2D eigenvalue weighted by Crippen LogP contribution is 2.31. The third kappa shape index (κ3) is 2.07. The Morgan fingerprint density at radius 3 is 2.79 bits per heavy atom. The van der Waals surface area contributed by atoms with Gasteiger partial charge in [-0.1, -0.05) is 23.7 Å². The lowest BCUT2D eigenvalue weighted by Crippen LogP contribution is -2.37. The predicted molar refractivity (Wildman–Crippen MR) is 76.4 cm³/mol. The lowest BCUT2D eigenvalue weighted by Gasteiger charge is -2.28. The summed E-state index contributed by atoms with van der Waals surface area (Å²) < 4.78 is 0. The second-order valence-electron chi connectivity index (χ2n) is 4.24. The van der Waals surface area contributed by atoms with E-state index in [4.69, 9.17) is 11.6 Å². The van der Waals surface area contributed by atoms with Crippen molar-refractivity contribution in [2.75, 3.05) is 11.4 Å². The highest BCUT2D eigenvalue weighted by Gasteiger charge is 2.28. The van der Waals surface area contributed by atoms with Crippen LogP contribution in [0.5, 0.6) is 0 Å². The van der Waals surface area contributed by atoms with Crippen LogP contribution in [-0.4, -0.2) is 18.2 Å². The molecular formula is C14H10ClNO2S. The topological polar surface area (TPSA) is 37.4 Å². The molecule has 3 rings (SSSR count). The first kappa shape index (κ1) is 12.4. The van der Waals surface area contributed by atoms with Crippen LogP contribution in [0.1, 0.15) is 26.5 Å². The van der Waals surface area contributed by atoms with Gasteiger partial charge >= 0.3 is 0 Å². The molecule has 1 amide bonds. The van der Waals surface area contributed by atoms with E-state index in [2.05, 4.69) is 0 Å². The lowest BCUT2D eigenvalue weighted by atomic mass is 10.0. The SMILES string of the molecule is O=C1CCN(C(=O)c2sccc2Cl)c2ccccc21. The van der Waals surface area contributed by atoms with Gasteiger partial charge in [0.05, 0.1) is 10.7 Å². The van der Waals surface area contributed by atoms with E-state index in [1.165, 1.54) is 11.3 Å². The number of ketones is 1. The number of Topliss-reactive ketones (excluding diaryl/α,β-unsaturated/α-hetero) is 1. The van der Waals surface area contributed by atoms with Gasteiger partial charge in [0.1, 0.15) is 4.88 Å². The van der Waals surface area contributed by atoms with Crippen LogP contribution < -0.4 is 4.90 Å². The largest absolute Gasteiger partial charge is 0.306 e. The van der Waals surface area contributed by atoms with Gasteiger partial charge in [0.15, 0.2) is 5.78 Å². The first-order valence-electron chi connectivity index (χ1n) is 5.85. The van der Waals surface area contributed by atoms with Crippen molar-refractivity contribution in [3.8, 4) is 0 Å². The quantitative estimate of drug-likeness (QED) is 0.804. The second kappa shape index (κ2) is 4.79. The van der Waals surface area contributed by atoms with Gasteiger partial charge in [0, 0.05) is 18.5 Å². The Balaban J connectivity index is 2.04. The zero-order valence-corrected chi connectivity index (χ0v) is 11.5. The van der Waals surface area contributed by atoms with Crippen LogP contribution in [0.3, 0.4) is 0 Å². The van der Waals surface area contributed by atoms with Crippen LogP contribution in [-0.2, 0) is 0 Å². The highest BCUT2D eigenvalue weighted by molar-refractivity contribution is 7.12. The minimum Gasteiger partial charge on any atom is -0.306 e. The number of para-hydroxylation sites is 1. The van der Waals surface area contributed by atoms with Crippen LogP contribution in [0, 0.1) is 0 Å². The number of anilines is 1. The molecule has 0 spiro atoms. The molecule has 0 saturated carbocycles. The molecule has 2 aromatic rings. The van der Waals surface area contributed by atoms with Crippen LogP contribution >= 0.6 is 22.9 Å². The molecule has 1 aliphatic rings. The number of carbonyl (C=O) groups excluding carboxylic acids is 2. The Bertz CT molecular complexity index is 665. The molecule has 5 heteroatoms. The van der Waals surface area contributed by atoms with Crippen molar-refractivity contribution in [3.05, 3.63) is 51.2 Å². The molecule has 0 N–H and O–H groups in total. The third-order valence-corrected chi connectivity index (χ3v) is 4.44.